The zero-order valence-electron chi connectivity index (χ0n) is 12.4. The van der Waals surface area contributed by atoms with Crippen LogP contribution in [0, 0.1) is 0 Å². The van der Waals surface area contributed by atoms with Gasteiger partial charge in [0.2, 0.25) is 5.89 Å². The van der Waals surface area contributed by atoms with E-state index < -0.39 is 0 Å². The summed E-state index contributed by atoms with van der Waals surface area (Å²) < 4.78 is 5.73. The molecule has 4 aromatic rings. The Hall–Kier alpha value is -2.66. The van der Waals surface area contributed by atoms with Crippen molar-refractivity contribution in [3.05, 3.63) is 60.7 Å². The molecule has 2 aromatic carbocycles. The molecule has 0 unspecified atom stereocenters. The van der Waals surface area contributed by atoms with E-state index in [1.54, 1.807) is 0 Å². The van der Waals surface area contributed by atoms with Crippen molar-refractivity contribution in [2.45, 2.75) is 5.22 Å². The van der Waals surface area contributed by atoms with Crippen molar-refractivity contribution >= 4 is 22.7 Å². The quantitative estimate of drug-likeness (QED) is 0.513. The number of hydrogen-bond acceptors (Lipinski definition) is 5. The van der Waals surface area contributed by atoms with Crippen molar-refractivity contribution in [2.75, 3.05) is 6.26 Å². The van der Waals surface area contributed by atoms with Gasteiger partial charge in [-0.3, -0.25) is 0 Å². The van der Waals surface area contributed by atoms with Crippen LogP contribution >= 0.6 is 11.8 Å². The molecule has 0 aliphatic carbocycles. The second kappa shape index (κ2) is 5.85. The van der Waals surface area contributed by atoms with Gasteiger partial charge < -0.3 is 4.42 Å². The summed E-state index contributed by atoms with van der Waals surface area (Å²) in [6.07, 6.45) is 1.91. The fourth-order valence-corrected chi connectivity index (χ4v) is 2.79. The molecule has 0 spiro atoms. The van der Waals surface area contributed by atoms with E-state index in [-0.39, 0.29) is 0 Å². The van der Waals surface area contributed by atoms with Gasteiger partial charge in [-0.15, -0.1) is 10.2 Å². The normalized spacial score (nSPS) is 11.0. The van der Waals surface area contributed by atoms with E-state index in [0.29, 0.717) is 11.1 Å². The van der Waals surface area contributed by atoms with Gasteiger partial charge in [-0.25, -0.2) is 4.98 Å². The molecule has 2 heterocycles. The van der Waals surface area contributed by atoms with Gasteiger partial charge in [-0.05, 0) is 18.4 Å². The first-order valence-corrected chi connectivity index (χ1v) is 8.41. The molecule has 0 atom stereocenters. The molecule has 112 valence electrons. The maximum atomic E-state index is 5.73. The highest BCUT2D eigenvalue weighted by Crippen LogP contribution is 2.32. The van der Waals surface area contributed by atoms with Gasteiger partial charge in [0.25, 0.3) is 5.22 Å². The van der Waals surface area contributed by atoms with Gasteiger partial charge >= 0.3 is 0 Å². The molecule has 4 nitrogen and oxygen atoms in total. The Balaban J connectivity index is 1.97. The average molecular weight is 319 g/mol. The number of benzene rings is 2. The van der Waals surface area contributed by atoms with E-state index in [0.717, 1.165) is 27.7 Å². The van der Waals surface area contributed by atoms with Crippen LogP contribution in [0.25, 0.3) is 33.6 Å². The van der Waals surface area contributed by atoms with Crippen molar-refractivity contribution in [1.29, 1.82) is 0 Å². The molecule has 5 heteroatoms. The molecule has 0 saturated heterocycles. The summed E-state index contributed by atoms with van der Waals surface area (Å²) in [7, 11) is 0. The lowest BCUT2D eigenvalue weighted by atomic mass is 10.0. The minimum absolute atomic E-state index is 0.519. The monoisotopic (exact) mass is 319 g/mol. The van der Waals surface area contributed by atoms with Crippen LogP contribution in [0.2, 0.25) is 0 Å². The molecule has 2 aromatic heterocycles. The molecule has 0 N–H and O–H groups in total. The number of para-hydroxylation sites is 1. The summed E-state index contributed by atoms with van der Waals surface area (Å²) in [6.45, 7) is 0. The third-order valence-electron chi connectivity index (χ3n) is 3.60. The summed E-state index contributed by atoms with van der Waals surface area (Å²) >= 11 is 1.43. The number of fused-ring (bicyclic) bond motifs is 1. The summed E-state index contributed by atoms with van der Waals surface area (Å²) in [4.78, 5) is 4.76. The molecule has 0 bridgehead atoms. The van der Waals surface area contributed by atoms with Crippen LogP contribution in [0.3, 0.4) is 0 Å². The maximum Gasteiger partial charge on any atom is 0.276 e. The van der Waals surface area contributed by atoms with Gasteiger partial charge in [0.1, 0.15) is 0 Å². The van der Waals surface area contributed by atoms with E-state index in [1.165, 1.54) is 11.8 Å². The van der Waals surface area contributed by atoms with Crippen LogP contribution in [0.4, 0.5) is 0 Å². The van der Waals surface area contributed by atoms with E-state index in [2.05, 4.69) is 10.2 Å². The van der Waals surface area contributed by atoms with Gasteiger partial charge in [0.05, 0.1) is 16.8 Å². The Morgan fingerprint density at radius 3 is 2.48 bits per heavy atom. The Bertz CT molecular complexity index is 966. The number of hydrogen-bond donors (Lipinski definition) is 0. The Kier molecular flexibility index (Phi) is 3.55. The SMILES string of the molecule is CSc1nnc(-c2cc(-c3ccccc3)nc3ccccc23)o1. The Morgan fingerprint density at radius 1 is 0.913 bits per heavy atom. The molecule has 0 saturated carbocycles. The van der Waals surface area contributed by atoms with Crippen molar-refractivity contribution in [2.24, 2.45) is 0 Å². The first kappa shape index (κ1) is 14.0. The van der Waals surface area contributed by atoms with Gasteiger partial charge in [0.15, 0.2) is 0 Å². The largest absolute Gasteiger partial charge is 0.411 e. The minimum Gasteiger partial charge on any atom is -0.411 e. The van der Waals surface area contributed by atoms with Crippen LogP contribution in [0.1, 0.15) is 0 Å². The van der Waals surface area contributed by atoms with Crippen LogP contribution < -0.4 is 0 Å². The van der Waals surface area contributed by atoms with Gasteiger partial charge in [-0.1, -0.05) is 60.3 Å². The van der Waals surface area contributed by atoms with E-state index >= 15 is 0 Å². The second-order valence-corrected chi connectivity index (χ2v) is 5.77. The fraction of sp³-hybridized carbons (Fsp3) is 0.0556. The number of rotatable bonds is 3. The van der Waals surface area contributed by atoms with Crippen LogP contribution in [0.5, 0.6) is 0 Å². The third kappa shape index (κ3) is 2.59. The summed E-state index contributed by atoms with van der Waals surface area (Å²) in [5, 5.41) is 9.78. The average Bonchev–Trinajstić information content (AvgIpc) is 3.10. The predicted molar refractivity (Wildman–Crippen MR) is 92.3 cm³/mol. The van der Waals surface area contributed by atoms with Crippen LogP contribution in [0.15, 0.2) is 70.3 Å². The third-order valence-corrected chi connectivity index (χ3v) is 4.11. The first-order chi connectivity index (χ1) is 11.3. The highest BCUT2D eigenvalue weighted by atomic mass is 32.2. The smallest absolute Gasteiger partial charge is 0.276 e. The molecule has 0 aliphatic heterocycles. The molecule has 4 rings (SSSR count). The van der Waals surface area contributed by atoms with Crippen molar-refractivity contribution in [3.8, 4) is 22.7 Å². The van der Waals surface area contributed by atoms with Crippen molar-refractivity contribution in [3.63, 3.8) is 0 Å². The van der Waals surface area contributed by atoms with Gasteiger partial charge in [-0.2, -0.15) is 0 Å². The van der Waals surface area contributed by atoms with Crippen LogP contribution in [-0.2, 0) is 0 Å². The highest BCUT2D eigenvalue weighted by Gasteiger charge is 2.14. The van der Waals surface area contributed by atoms with Gasteiger partial charge in [0, 0.05) is 10.9 Å². The molecule has 23 heavy (non-hydrogen) atoms. The lowest BCUT2D eigenvalue weighted by molar-refractivity contribution is 0.467. The molecule has 0 amide bonds. The molecule has 0 radical (unpaired) electrons. The molecular weight excluding hydrogens is 306 g/mol. The second-order valence-electron chi connectivity index (χ2n) is 5.02. The number of aromatic nitrogens is 3. The number of pyridine rings is 1. The summed E-state index contributed by atoms with van der Waals surface area (Å²) in [6, 6.07) is 20.1. The van der Waals surface area contributed by atoms with E-state index in [4.69, 9.17) is 9.40 Å². The lowest BCUT2D eigenvalue weighted by Gasteiger charge is -2.07. The number of thioether (sulfide) groups is 1. The molecule has 0 aliphatic rings. The zero-order chi connectivity index (χ0) is 15.6. The fourth-order valence-electron chi connectivity index (χ4n) is 2.51. The van der Waals surface area contributed by atoms with E-state index in [9.17, 15) is 0 Å². The highest BCUT2D eigenvalue weighted by molar-refractivity contribution is 7.98. The summed E-state index contributed by atoms with van der Waals surface area (Å²) in [5.74, 6) is 0.519. The lowest BCUT2D eigenvalue weighted by Crippen LogP contribution is -1.89. The van der Waals surface area contributed by atoms with Crippen LogP contribution in [-0.4, -0.2) is 21.4 Å². The van der Waals surface area contributed by atoms with Crippen molar-refractivity contribution in [1.82, 2.24) is 15.2 Å². The standard InChI is InChI=1S/C18H13N3OS/c1-23-18-21-20-17(22-18)14-11-16(12-7-3-2-4-8-12)19-15-10-6-5-9-13(14)15/h2-11H,1H3. The minimum atomic E-state index is 0.519. The zero-order valence-corrected chi connectivity index (χ0v) is 13.2. The van der Waals surface area contributed by atoms with E-state index in [1.807, 2.05) is 66.9 Å². The number of nitrogens with zero attached hydrogens (tertiary/aromatic N) is 3. The molecule has 0 fully saturated rings. The topological polar surface area (TPSA) is 51.8 Å². The maximum absolute atomic E-state index is 5.73. The Morgan fingerprint density at radius 2 is 1.70 bits per heavy atom. The predicted octanol–water partition coefficient (Wildman–Crippen LogP) is 4.67. The van der Waals surface area contributed by atoms with Crippen molar-refractivity contribution < 1.29 is 4.42 Å². The first-order valence-electron chi connectivity index (χ1n) is 7.18. The molecular formula is C18H13N3OS. The Labute approximate surface area is 137 Å². The summed E-state index contributed by atoms with van der Waals surface area (Å²) in [5.41, 5.74) is 3.77.